The van der Waals surface area contributed by atoms with Crippen molar-refractivity contribution < 1.29 is 14.1 Å². The van der Waals surface area contributed by atoms with Gasteiger partial charge in [0.05, 0.1) is 5.75 Å². The molecule has 0 aromatic carbocycles. The number of aryl methyl sites for hydroxylation is 1. The Labute approximate surface area is 189 Å². The highest BCUT2D eigenvalue weighted by Gasteiger charge is 2.26. The van der Waals surface area contributed by atoms with E-state index in [0.29, 0.717) is 29.8 Å². The second kappa shape index (κ2) is 10.4. The molecule has 168 valence electrons. The lowest BCUT2D eigenvalue weighted by Crippen LogP contribution is -2.49. The zero-order chi connectivity index (χ0) is 21.6. The van der Waals surface area contributed by atoms with Crippen LogP contribution in [0.15, 0.2) is 14.9 Å². The summed E-state index contributed by atoms with van der Waals surface area (Å²) in [6.07, 6.45) is 6.96. The number of hydrogen-bond donors (Lipinski definition) is 1. The van der Waals surface area contributed by atoms with Crippen molar-refractivity contribution >= 4 is 45.9 Å². The molecule has 2 amide bonds. The molecular weight excluding hydrogens is 436 g/mol. The second-order valence-electron chi connectivity index (χ2n) is 8.09. The van der Waals surface area contributed by atoms with Crippen LogP contribution < -0.4 is 10.2 Å². The number of aromatic nitrogens is 3. The third-order valence-corrected chi connectivity index (χ3v) is 7.83. The molecule has 2 aliphatic rings. The molecule has 2 fully saturated rings. The SMILES string of the molecule is Cc1cc(NC(=O)CSc2nnc(N3CCN(C(=O)CC4CCCCC4)CC3)s2)no1. The lowest BCUT2D eigenvalue weighted by molar-refractivity contribution is -0.132. The molecule has 0 atom stereocenters. The Morgan fingerprint density at radius 2 is 1.97 bits per heavy atom. The molecule has 1 saturated heterocycles. The first-order chi connectivity index (χ1) is 15.1. The molecular formula is C20H28N6O3S2. The molecule has 11 heteroatoms. The van der Waals surface area contributed by atoms with Gasteiger partial charge < -0.3 is 19.6 Å². The Hall–Kier alpha value is -2.14. The van der Waals surface area contributed by atoms with Crippen LogP contribution in [0.2, 0.25) is 0 Å². The van der Waals surface area contributed by atoms with Gasteiger partial charge in [0.1, 0.15) is 5.76 Å². The lowest BCUT2D eigenvalue weighted by atomic mass is 9.86. The highest BCUT2D eigenvalue weighted by Crippen LogP contribution is 2.30. The summed E-state index contributed by atoms with van der Waals surface area (Å²) in [7, 11) is 0. The highest BCUT2D eigenvalue weighted by molar-refractivity contribution is 8.01. The summed E-state index contributed by atoms with van der Waals surface area (Å²) < 4.78 is 5.68. The number of anilines is 2. The van der Waals surface area contributed by atoms with Crippen LogP contribution in [0.25, 0.3) is 0 Å². The van der Waals surface area contributed by atoms with E-state index in [9.17, 15) is 9.59 Å². The Morgan fingerprint density at radius 1 is 1.19 bits per heavy atom. The first kappa shape index (κ1) is 22.1. The third-order valence-electron chi connectivity index (χ3n) is 5.71. The smallest absolute Gasteiger partial charge is 0.236 e. The zero-order valence-electron chi connectivity index (χ0n) is 17.7. The van der Waals surface area contributed by atoms with E-state index < -0.39 is 0 Å². The molecule has 0 unspecified atom stereocenters. The average molecular weight is 465 g/mol. The number of nitrogens with one attached hydrogen (secondary N) is 1. The van der Waals surface area contributed by atoms with Gasteiger partial charge >= 0.3 is 0 Å². The number of carbonyl (C=O) groups excluding carboxylic acids is 2. The van der Waals surface area contributed by atoms with Gasteiger partial charge in [0.25, 0.3) is 0 Å². The maximum atomic E-state index is 12.6. The molecule has 2 aromatic rings. The van der Waals surface area contributed by atoms with Crippen LogP contribution in [-0.4, -0.2) is 64.0 Å². The molecule has 1 aliphatic carbocycles. The molecule has 1 saturated carbocycles. The van der Waals surface area contributed by atoms with Gasteiger partial charge in [-0.1, -0.05) is 47.5 Å². The Morgan fingerprint density at radius 3 is 2.68 bits per heavy atom. The fraction of sp³-hybridized carbons (Fsp3) is 0.650. The summed E-state index contributed by atoms with van der Waals surface area (Å²) in [5, 5.41) is 15.8. The first-order valence-corrected chi connectivity index (χ1v) is 12.6. The van der Waals surface area contributed by atoms with Gasteiger partial charge in [-0.25, -0.2) is 0 Å². The van der Waals surface area contributed by atoms with E-state index in [-0.39, 0.29) is 11.7 Å². The molecule has 2 aromatic heterocycles. The van der Waals surface area contributed by atoms with Crippen LogP contribution in [0.3, 0.4) is 0 Å². The summed E-state index contributed by atoms with van der Waals surface area (Å²) in [6, 6.07) is 1.67. The molecule has 1 aliphatic heterocycles. The number of hydrogen-bond acceptors (Lipinski definition) is 9. The van der Waals surface area contributed by atoms with Gasteiger partial charge in [-0.2, -0.15) is 0 Å². The average Bonchev–Trinajstić information content (AvgIpc) is 3.42. The fourth-order valence-corrected chi connectivity index (χ4v) is 5.73. The van der Waals surface area contributed by atoms with E-state index in [0.717, 1.165) is 35.7 Å². The second-order valence-corrected chi connectivity index (χ2v) is 10.3. The fourth-order valence-electron chi connectivity index (χ4n) is 4.03. The maximum Gasteiger partial charge on any atom is 0.236 e. The van der Waals surface area contributed by atoms with Crippen molar-refractivity contribution in [1.82, 2.24) is 20.3 Å². The van der Waals surface area contributed by atoms with Gasteiger partial charge in [0.15, 0.2) is 10.2 Å². The summed E-state index contributed by atoms with van der Waals surface area (Å²) >= 11 is 2.83. The van der Waals surface area contributed by atoms with Gasteiger partial charge in [-0.3, -0.25) is 9.59 Å². The standard InChI is InChI=1S/C20H28N6O3S2/c1-14-11-16(24-29-14)21-17(27)13-30-20-23-22-19(31-20)26-9-7-25(8-10-26)18(28)12-15-5-3-2-4-6-15/h11,15H,2-10,12-13H2,1H3,(H,21,24,27). The van der Waals surface area contributed by atoms with Crippen LogP contribution in [0.1, 0.15) is 44.3 Å². The number of thioether (sulfide) groups is 1. The minimum atomic E-state index is -0.167. The molecule has 0 radical (unpaired) electrons. The predicted molar refractivity (Wildman–Crippen MR) is 120 cm³/mol. The normalized spacial score (nSPS) is 17.7. The molecule has 0 spiro atoms. The van der Waals surface area contributed by atoms with Crippen LogP contribution in [0.5, 0.6) is 0 Å². The van der Waals surface area contributed by atoms with Gasteiger partial charge in [0.2, 0.25) is 16.9 Å². The van der Waals surface area contributed by atoms with Gasteiger partial charge in [-0.15, -0.1) is 10.2 Å². The minimum absolute atomic E-state index is 0.167. The largest absolute Gasteiger partial charge is 0.360 e. The van der Waals surface area contributed by atoms with Crippen LogP contribution in [0.4, 0.5) is 10.9 Å². The summed E-state index contributed by atoms with van der Waals surface area (Å²) in [5.41, 5.74) is 0. The van der Waals surface area contributed by atoms with Crippen molar-refractivity contribution in [2.24, 2.45) is 5.92 Å². The van der Waals surface area contributed by atoms with Crippen molar-refractivity contribution in [1.29, 1.82) is 0 Å². The Balaban J connectivity index is 1.20. The van der Waals surface area contributed by atoms with E-state index >= 15 is 0 Å². The Bertz CT molecular complexity index is 887. The van der Waals surface area contributed by atoms with E-state index in [1.807, 2.05) is 4.90 Å². The van der Waals surface area contributed by atoms with Crippen molar-refractivity contribution in [3.8, 4) is 0 Å². The Kier molecular flexibility index (Phi) is 7.44. The molecule has 3 heterocycles. The van der Waals surface area contributed by atoms with Crippen molar-refractivity contribution in [3.63, 3.8) is 0 Å². The number of piperazine rings is 1. The molecule has 31 heavy (non-hydrogen) atoms. The highest BCUT2D eigenvalue weighted by atomic mass is 32.2. The quantitative estimate of drug-likeness (QED) is 0.623. The first-order valence-electron chi connectivity index (χ1n) is 10.8. The lowest BCUT2D eigenvalue weighted by Gasteiger charge is -2.35. The number of rotatable bonds is 7. The maximum absolute atomic E-state index is 12.6. The van der Waals surface area contributed by atoms with E-state index in [2.05, 4.69) is 25.6 Å². The van der Waals surface area contributed by atoms with Crippen molar-refractivity contribution in [2.45, 2.75) is 49.8 Å². The predicted octanol–water partition coefficient (Wildman–Crippen LogP) is 3.18. The minimum Gasteiger partial charge on any atom is -0.360 e. The molecule has 4 rings (SSSR count). The van der Waals surface area contributed by atoms with E-state index in [4.69, 9.17) is 4.52 Å². The van der Waals surface area contributed by atoms with Crippen LogP contribution >= 0.6 is 23.1 Å². The zero-order valence-corrected chi connectivity index (χ0v) is 19.3. The summed E-state index contributed by atoms with van der Waals surface area (Å²) in [4.78, 5) is 28.8. The van der Waals surface area contributed by atoms with Gasteiger partial charge in [-0.05, 0) is 25.7 Å². The van der Waals surface area contributed by atoms with Crippen molar-refractivity contribution in [3.05, 3.63) is 11.8 Å². The monoisotopic (exact) mass is 464 g/mol. The molecule has 0 bridgehead atoms. The van der Waals surface area contributed by atoms with E-state index in [1.165, 1.54) is 55.2 Å². The van der Waals surface area contributed by atoms with Crippen LogP contribution in [-0.2, 0) is 9.59 Å². The topological polar surface area (TPSA) is 104 Å². The molecule has 9 nitrogen and oxygen atoms in total. The van der Waals surface area contributed by atoms with Gasteiger partial charge in [0, 0.05) is 38.7 Å². The number of nitrogens with zero attached hydrogens (tertiary/aromatic N) is 5. The summed E-state index contributed by atoms with van der Waals surface area (Å²) in [6.45, 7) is 4.76. The van der Waals surface area contributed by atoms with Crippen molar-refractivity contribution in [2.75, 3.05) is 42.1 Å². The molecule has 1 N–H and O–H groups in total. The van der Waals surface area contributed by atoms with E-state index in [1.54, 1.807) is 13.0 Å². The van der Waals surface area contributed by atoms with Crippen LogP contribution in [0, 0.1) is 12.8 Å². The third kappa shape index (κ3) is 6.19. The number of amides is 2. The number of carbonyl (C=O) groups is 2. The summed E-state index contributed by atoms with van der Waals surface area (Å²) in [5.74, 6) is 2.00.